The summed E-state index contributed by atoms with van der Waals surface area (Å²) in [5.74, 6) is 0.826. The highest BCUT2D eigenvalue weighted by Crippen LogP contribution is 2.33. The third-order valence-corrected chi connectivity index (χ3v) is 3.16. The first-order chi connectivity index (χ1) is 9.15. The minimum atomic E-state index is 0.0217. The molecule has 0 atom stereocenters. The molecular formula is C16H19NO2. The van der Waals surface area contributed by atoms with E-state index < -0.39 is 0 Å². The molecular weight excluding hydrogens is 238 g/mol. The van der Waals surface area contributed by atoms with Gasteiger partial charge >= 0.3 is 0 Å². The third kappa shape index (κ3) is 2.87. The fourth-order valence-corrected chi connectivity index (χ4v) is 2.28. The first-order valence-electron chi connectivity index (χ1n) is 6.48. The van der Waals surface area contributed by atoms with E-state index in [1.165, 1.54) is 5.57 Å². The summed E-state index contributed by atoms with van der Waals surface area (Å²) in [5, 5.41) is 2.87. The topological polar surface area (TPSA) is 38.3 Å². The van der Waals surface area contributed by atoms with E-state index in [1.807, 2.05) is 38.1 Å². The highest BCUT2D eigenvalue weighted by Gasteiger charge is 2.20. The molecule has 0 fully saturated rings. The predicted molar refractivity (Wildman–Crippen MR) is 77.0 cm³/mol. The number of amides is 1. The first kappa shape index (κ1) is 13.4. The van der Waals surface area contributed by atoms with E-state index in [-0.39, 0.29) is 5.91 Å². The molecule has 0 unspecified atom stereocenters. The first-order valence-corrected chi connectivity index (χ1v) is 6.48. The molecule has 0 aliphatic heterocycles. The molecule has 1 aromatic carbocycles. The lowest BCUT2D eigenvalue weighted by Crippen LogP contribution is -2.24. The third-order valence-electron chi connectivity index (χ3n) is 3.16. The molecule has 1 N–H and O–H groups in total. The van der Waals surface area contributed by atoms with Crippen molar-refractivity contribution in [3.05, 3.63) is 47.1 Å². The molecule has 0 saturated heterocycles. The van der Waals surface area contributed by atoms with E-state index in [0.29, 0.717) is 6.54 Å². The van der Waals surface area contributed by atoms with Gasteiger partial charge in [0, 0.05) is 12.1 Å². The lowest BCUT2D eigenvalue weighted by molar-refractivity contribution is -0.117. The van der Waals surface area contributed by atoms with E-state index in [1.54, 1.807) is 7.11 Å². The van der Waals surface area contributed by atoms with E-state index in [0.717, 1.165) is 28.9 Å². The summed E-state index contributed by atoms with van der Waals surface area (Å²) in [6.07, 6.45) is 2.80. The second-order valence-electron chi connectivity index (χ2n) is 4.65. The number of benzene rings is 1. The summed E-state index contributed by atoms with van der Waals surface area (Å²) in [4.78, 5) is 12.1. The monoisotopic (exact) mass is 257 g/mol. The Kier molecular flexibility index (Phi) is 4.05. The molecule has 1 amide bonds. The van der Waals surface area contributed by atoms with Gasteiger partial charge in [0.25, 0.3) is 0 Å². The van der Waals surface area contributed by atoms with E-state index in [9.17, 15) is 4.79 Å². The van der Waals surface area contributed by atoms with Gasteiger partial charge < -0.3 is 10.1 Å². The Labute approximate surface area is 114 Å². The van der Waals surface area contributed by atoms with Crippen LogP contribution in [0.4, 0.5) is 0 Å². The fraction of sp³-hybridized carbons (Fsp3) is 0.312. The summed E-state index contributed by atoms with van der Waals surface area (Å²) in [5.41, 5.74) is 4.08. The van der Waals surface area contributed by atoms with Gasteiger partial charge in [0.1, 0.15) is 5.75 Å². The standard InChI is InChI=1S/C16H19NO2/c1-4-17-16(18)15-9-11(2)8-14(15)12-6-5-7-13(10-12)19-3/h5-8,10H,4,9H2,1-3H3,(H,17,18). The van der Waals surface area contributed by atoms with Crippen molar-refractivity contribution in [2.24, 2.45) is 0 Å². The molecule has 0 aromatic heterocycles. The minimum Gasteiger partial charge on any atom is -0.497 e. The van der Waals surface area contributed by atoms with Gasteiger partial charge in [0.05, 0.1) is 7.11 Å². The molecule has 3 nitrogen and oxygen atoms in total. The number of hydrogen-bond donors (Lipinski definition) is 1. The quantitative estimate of drug-likeness (QED) is 0.900. The van der Waals surface area contributed by atoms with Crippen LogP contribution >= 0.6 is 0 Å². The maximum Gasteiger partial charge on any atom is 0.248 e. The lowest BCUT2D eigenvalue weighted by Gasteiger charge is -2.09. The molecule has 1 aliphatic carbocycles. The van der Waals surface area contributed by atoms with Crippen molar-refractivity contribution < 1.29 is 9.53 Å². The maximum atomic E-state index is 12.1. The highest BCUT2D eigenvalue weighted by atomic mass is 16.5. The van der Waals surface area contributed by atoms with Crippen LogP contribution in [0.25, 0.3) is 5.57 Å². The van der Waals surface area contributed by atoms with Gasteiger partial charge in [-0.25, -0.2) is 0 Å². The van der Waals surface area contributed by atoms with Crippen molar-refractivity contribution in [1.29, 1.82) is 0 Å². The summed E-state index contributed by atoms with van der Waals surface area (Å²) in [6.45, 7) is 4.62. The number of carbonyl (C=O) groups is 1. The molecule has 0 saturated carbocycles. The summed E-state index contributed by atoms with van der Waals surface area (Å²) < 4.78 is 5.24. The highest BCUT2D eigenvalue weighted by molar-refractivity contribution is 6.05. The van der Waals surface area contributed by atoms with Gasteiger partial charge in [0.2, 0.25) is 5.91 Å². The number of carbonyl (C=O) groups excluding carboxylic acids is 1. The van der Waals surface area contributed by atoms with Crippen LogP contribution in [-0.4, -0.2) is 19.6 Å². The average molecular weight is 257 g/mol. The summed E-state index contributed by atoms with van der Waals surface area (Å²) in [7, 11) is 1.65. The van der Waals surface area contributed by atoms with Crippen molar-refractivity contribution in [2.45, 2.75) is 20.3 Å². The zero-order valence-electron chi connectivity index (χ0n) is 11.6. The van der Waals surface area contributed by atoms with E-state index >= 15 is 0 Å². The van der Waals surface area contributed by atoms with Crippen molar-refractivity contribution in [1.82, 2.24) is 5.32 Å². The number of likely N-dealkylation sites (N-methyl/N-ethyl adjacent to an activating group) is 1. The van der Waals surface area contributed by atoms with Crippen LogP contribution in [0.15, 0.2) is 41.5 Å². The number of nitrogens with one attached hydrogen (secondary N) is 1. The molecule has 100 valence electrons. The largest absolute Gasteiger partial charge is 0.497 e. The second-order valence-corrected chi connectivity index (χ2v) is 4.65. The van der Waals surface area contributed by atoms with E-state index in [4.69, 9.17) is 4.74 Å². The van der Waals surface area contributed by atoms with Crippen LogP contribution in [0, 0.1) is 0 Å². The molecule has 0 spiro atoms. The van der Waals surface area contributed by atoms with Crippen molar-refractivity contribution in [3.8, 4) is 5.75 Å². The Hall–Kier alpha value is -2.03. The zero-order valence-corrected chi connectivity index (χ0v) is 11.6. The summed E-state index contributed by atoms with van der Waals surface area (Å²) in [6, 6.07) is 7.81. The smallest absolute Gasteiger partial charge is 0.248 e. The normalized spacial score (nSPS) is 14.4. The van der Waals surface area contributed by atoms with Gasteiger partial charge in [0.15, 0.2) is 0 Å². The van der Waals surface area contributed by atoms with Crippen LogP contribution in [0.2, 0.25) is 0 Å². The fourth-order valence-electron chi connectivity index (χ4n) is 2.28. The Morgan fingerprint density at radius 1 is 1.42 bits per heavy atom. The van der Waals surface area contributed by atoms with Crippen LogP contribution in [-0.2, 0) is 4.79 Å². The molecule has 0 bridgehead atoms. The number of allylic oxidation sites excluding steroid dienone is 3. The minimum absolute atomic E-state index is 0.0217. The Balaban J connectivity index is 2.42. The molecule has 0 heterocycles. The van der Waals surface area contributed by atoms with Crippen molar-refractivity contribution in [2.75, 3.05) is 13.7 Å². The van der Waals surface area contributed by atoms with Gasteiger partial charge in [-0.3, -0.25) is 4.79 Å². The molecule has 3 heteroatoms. The van der Waals surface area contributed by atoms with Crippen LogP contribution in [0.1, 0.15) is 25.8 Å². The van der Waals surface area contributed by atoms with Crippen LogP contribution in [0.5, 0.6) is 5.75 Å². The summed E-state index contributed by atoms with van der Waals surface area (Å²) >= 11 is 0. The number of ether oxygens (including phenoxy) is 1. The molecule has 0 radical (unpaired) electrons. The molecule has 19 heavy (non-hydrogen) atoms. The lowest BCUT2D eigenvalue weighted by atomic mass is 10.0. The van der Waals surface area contributed by atoms with Crippen molar-refractivity contribution >= 4 is 11.5 Å². The number of methoxy groups -OCH3 is 1. The predicted octanol–water partition coefficient (Wildman–Crippen LogP) is 2.93. The Morgan fingerprint density at radius 2 is 2.21 bits per heavy atom. The second kappa shape index (κ2) is 5.74. The van der Waals surface area contributed by atoms with Crippen LogP contribution in [0.3, 0.4) is 0 Å². The van der Waals surface area contributed by atoms with Gasteiger partial charge in [-0.1, -0.05) is 23.8 Å². The number of hydrogen-bond acceptors (Lipinski definition) is 2. The SMILES string of the molecule is CCNC(=O)C1=C(c2cccc(OC)c2)C=C(C)C1. The van der Waals surface area contributed by atoms with Gasteiger partial charge in [-0.05, 0) is 43.5 Å². The molecule has 2 rings (SSSR count). The van der Waals surface area contributed by atoms with Gasteiger partial charge in [-0.15, -0.1) is 0 Å². The number of rotatable bonds is 4. The maximum absolute atomic E-state index is 12.1. The van der Waals surface area contributed by atoms with E-state index in [2.05, 4.69) is 11.4 Å². The van der Waals surface area contributed by atoms with Crippen LogP contribution < -0.4 is 10.1 Å². The Bertz CT molecular complexity index is 556. The zero-order chi connectivity index (χ0) is 13.8. The molecule has 1 aliphatic rings. The average Bonchev–Trinajstić information content (AvgIpc) is 2.81. The Morgan fingerprint density at radius 3 is 2.89 bits per heavy atom. The molecule has 1 aromatic rings. The van der Waals surface area contributed by atoms with Crippen molar-refractivity contribution in [3.63, 3.8) is 0 Å². The van der Waals surface area contributed by atoms with Gasteiger partial charge in [-0.2, -0.15) is 0 Å².